The van der Waals surface area contributed by atoms with Gasteiger partial charge in [0.15, 0.2) is 17.3 Å². The second-order valence-corrected chi connectivity index (χ2v) is 11.6. The number of benzene rings is 1. The molecule has 0 unspecified atom stereocenters. The van der Waals surface area contributed by atoms with Crippen LogP contribution in [0.1, 0.15) is 106 Å². The van der Waals surface area contributed by atoms with Crippen molar-refractivity contribution in [1.82, 2.24) is 4.57 Å². The Kier molecular flexibility index (Phi) is 6.60. The number of fused-ring (bicyclic) bond motifs is 5. The molecule has 0 spiro atoms. The van der Waals surface area contributed by atoms with E-state index in [1.165, 1.54) is 31.9 Å². The first kappa shape index (κ1) is 24.8. The monoisotopic (exact) mass is 497 g/mol. The molecule has 0 amide bonds. The third kappa shape index (κ3) is 4.31. The number of halogens is 1. The van der Waals surface area contributed by atoms with Crippen LogP contribution in [0.5, 0.6) is 11.5 Å². The van der Waals surface area contributed by atoms with Gasteiger partial charge in [0.1, 0.15) is 18.8 Å². The van der Waals surface area contributed by atoms with Crippen LogP contribution in [0.25, 0.3) is 11.3 Å². The minimum Gasteiger partial charge on any atom is -0.486 e. The SMILES string of the molecule is CC(C)(C)[C@@H]1Cc2c(cc(C3CCCCCCCC3)c3c2OCCO3)-c2c(F)c(=O)c(C(=O)O)cn21. The van der Waals surface area contributed by atoms with Crippen LogP contribution in [0.3, 0.4) is 0 Å². The van der Waals surface area contributed by atoms with Crippen LogP contribution in [-0.2, 0) is 6.42 Å². The van der Waals surface area contributed by atoms with Gasteiger partial charge in [0, 0.05) is 28.9 Å². The van der Waals surface area contributed by atoms with Crippen molar-refractivity contribution in [2.75, 3.05) is 13.2 Å². The molecule has 36 heavy (non-hydrogen) atoms. The molecule has 7 heteroatoms. The number of ether oxygens (including phenoxy) is 2. The van der Waals surface area contributed by atoms with Gasteiger partial charge in [-0.15, -0.1) is 0 Å². The number of hydrogen-bond acceptors (Lipinski definition) is 4. The first-order valence-corrected chi connectivity index (χ1v) is 13.3. The lowest BCUT2D eigenvalue weighted by Gasteiger charge is -2.40. The van der Waals surface area contributed by atoms with Crippen LogP contribution >= 0.6 is 0 Å². The Balaban J connectivity index is 1.77. The lowest BCUT2D eigenvalue weighted by atomic mass is 9.77. The summed E-state index contributed by atoms with van der Waals surface area (Å²) in [6.45, 7) is 7.01. The fourth-order valence-electron chi connectivity index (χ4n) is 6.22. The number of carboxylic acids is 1. The maximum absolute atomic E-state index is 15.9. The van der Waals surface area contributed by atoms with Gasteiger partial charge in [0.05, 0.1) is 5.69 Å². The molecule has 2 aliphatic heterocycles. The summed E-state index contributed by atoms with van der Waals surface area (Å²) in [6.07, 6.45) is 11.1. The fraction of sp³-hybridized carbons (Fsp3) is 0.586. The molecule has 6 nitrogen and oxygen atoms in total. The van der Waals surface area contributed by atoms with Gasteiger partial charge >= 0.3 is 5.97 Å². The van der Waals surface area contributed by atoms with Crippen LogP contribution in [0.4, 0.5) is 4.39 Å². The summed E-state index contributed by atoms with van der Waals surface area (Å²) in [4.78, 5) is 24.6. The summed E-state index contributed by atoms with van der Waals surface area (Å²) in [5, 5.41) is 9.60. The molecule has 1 N–H and O–H groups in total. The molecule has 3 heterocycles. The fourth-order valence-corrected chi connectivity index (χ4v) is 6.22. The van der Waals surface area contributed by atoms with E-state index in [1.807, 2.05) is 26.8 Å². The summed E-state index contributed by atoms with van der Waals surface area (Å²) in [7, 11) is 0. The second kappa shape index (κ2) is 9.56. The van der Waals surface area contributed by atoms with E-state index in [2.05, 4.69) is 0 Å². The van der Waals surface area contributed by atoms with Crippen molar-refractivity contribution in [3.8, 4) is 22.8 Å². The highest BCUT2D eigenvalue weighted by Crippen LogP contribution is 2.52. The normalized spacial score (nSPS) is 20.5. The molecule has 0 radical (unpaired) electrons. The van der Waals surface area contributed by atoms with Crippen molar-refractivity contribution in [3.05, 3.63) is 45.0 Å². The highest BCUT2D eigenvalue weighted by Gasteiger charge is 2.39. The molecule has 1 aromatic carbocycles. The first-order chi connectivity index (χ1) is 17.2. The average molecular weight is 498 g/mol. The summed E-state index contributed by atoms with van der Waals surface area (Å²) in [6, 6.07) is 1.75. The minimum absolute atomic E-state index is 0.160. The van der Waals surface area contributed by atoms with E-state index in [0.717, 1.165) is 42.6 Å². The molecule has 1 fully saturated rings. The van der Waals surface area contributed by atoms with Gasteiger partial charge in [-0.2, -0.15) is 0 Å². The van der Waals surface area contributed by atoms with E-state index in [1.54, 1.807) is 4.57 Å². The Morgan fingerprint density at radius 1 is 1.03 bits per heavy atom. The quantitative estimate of drug-likeness (QED) is 0.513. The van der Waals surface area contributed by atoms with Crippen LogP contribution in [0.2, 0.25) is 0 Å². The Bertz CT molecular complexity index is 1230. The lowest BCUT2D eigenvalue weighted by molar-refractivity contribution is 0.0692. The third-order valence-electron chi connectivity index (χ3n) is 8.14. The number of hydrogen-bond donors (Lipinski definition) is 1. The van der Waals surface area contributed by atoms with E-state index >= 15 is 4.39 Å². The Labute approximate surface area is 211 Å². The smallest absolute Gasteiger partial charge is 0.341 e. The van der Waals surface area contributed by atoms with E-state index < -0.39 is 22.8 Å². The Morgan fingerprint density at radius 3 is 2.25 bits per heavy atom. The zero-order chi connectivity index (χ0) is 25.6. The average Bonchev–Trinajstić information content (AvgIpc) is 2.98. The molecule has 0 saturated heterocycles. The Morgan fingerprint density at radius 2 is 1.64 bits per heavy atom. The molecule has 2 aromatic rings. The number of nitrogens with zero attached hydrogens (tertiary/aromatic N) is 1. The van der Waals surface area contributed by atoms with Gasteiger partial charge in [-0.05, 0) is 36.7 Å². The van der Waals surface area contributed by atoms with Gasteiger partial charge in [-0.1, -0.05) is 59.3 Å². The van der Waals surface area contributed by atoms with Gasteiger partial charge in [0.25, 0.3) is 0 Å². The highest BCUT2D eigenvalue weighted by molar-refractivity contribution is 5.88. The van der Waals surface area contributed by atoms with Crippen molar-refractivity contribution in [2.24, 2.45) is 5.41 Å². The van der Waals surface area contributed by atoms with Crippen molar-refractivity contribution in [2.45, 2.75) is 90.5 Å². The van der Waals surface area contributed by atoms with Gasteiger partial charge in [-0.3, -0.25) is 4.79 Å². The number of aromatic carboxylic acids is 1. The van der Waals surface area contributed by atoms with Crippen LogP contribution in [0, 0.1) is 11.2 Å². The van der Waals surface area contributed by atoms with E-state index in [9.17, 15) is 14.7 Å². The van der Waals surface area contributed by atoms with E-state index in [0.29, 0.717) is 30.9 Å². The molecule has 1 saturated carbocycles. The summed E-state index contributed by atoms with van der Waals surface area (Å²) in [5.74, 6) is -0.715. The number of rotatable bonds is 2. The van der Waals surface area contributed by atoms with Crippen molar-refractivity contribution in [3.63, 3.8) is 0 Å². The molecule has 1 atom stereocenters. The number of carbonyl (C=O) groups is 1. The minimum atomic E-state index is -1.42. The number of carboxylic acid groups (broad SMARTS) is 1. The predicted octanol–water partition coefficient (Wildman–Crippen LogP) is 6.49. The topological polar surface area (TPSA) is 77.8 Å². The van der Waals surface area contributed by atoms with Crippen LogP contribution < -0.4 is 14.9 Å². The van der Waals surface area contributed by atoms with Gasteiger partial charge < -0.3 is 19.1 Å². The number of pyridine rings is 1. The first-order valence-electron chi connectivity index (χ1n) is 13.3. The van der Waals surface area contributed by atoms with E-state index in [4.69, 9.17) is 9.47 Å². The maximum atomic E-state index is 15.9. The van der Waals surface area contributed by atoms with Crippen LogP contribution in [-0.4, -0.2) is 28.9 Å². The lowest BCUT2D eigenvalue weighted by Crippen LogP contribution is -2.35. The molecule has 3 aliphatic rings. The molecule has 1 aliphatic carbocycles. The van der Waals surface area contributed by atoms with Crippen molar-refractivity contribution in [1.29, 1.82) is 0 Å². The molecule has 1 aromatic heterocycles. The predicted molar refractivity (Wildman–Crippen MR) is 136 cm³/mol. The zero-order valence-corrected chi connectivity index (χ0v) is 21.5. The standard InChI is InChI=1S/C29H36FNO5/c1-29(2,3)22-15-20-19(24-23(30)25(32)21(28(33)34)16-31(22)24)14-18(26-27(20)36-13-12-35-26)17-10-8-6-4-5-7-9-11-17/h14,16-17,22H,4-13,15H2,1-3H3,(H,33,34)/t22-/m0/s1. The summed E-state index contributed by atoms with van der Waals surface area (Å²) >= 11 is 0. The van der Waals surface area contributed by atoms with Gasteiger partial charge in [-0.25, -0.2) is 9.18 Å². The maximum Gasteiger partial charge on any atom is 0.341 e. The van der Waals surface area contributed by atoms with Gasteiger partial charge in [0.2, 0.25) is 5.43 Å². The molecular formula is C29H36FNO5. The largest absolute Gasteiger partial charge is 0.486 e. The highest BCUT2D eigenvalue weighted by atomic mass is 19.1. The van der Waals surface area contributed by atoms with Crippen molar-refractivity contribution < 1.29 is 23.8 Å². The second-order valence-electron chi connectivity index (χ2n) is 11.6. The third-order valence-corrected chi connectivity index (χ3v) is 8.14. The summed E-state index contributed by atoms with van der Waals surface area (Å²) < 4.78 is 30.0. The van der Waals surface area contributed by atoms with E-state index in [-0.39, 0.29) is 23.1 Å². The van der Waals surface area contributed by atoms with Crippen LogP contribution in [0.15, 0.2) is 17.1 Å². The molecule has 5 rings (SSSR count). The molecule has 194 valence electrons. The van der Waals surface area contributed by atoms with Crippen molar-refractivity contribution >= 4 is 5.97 Å². The number of aromatic nitrogens is 1. The molecule has 0 bridgehead atoms. The Hall–Kier alpha value is -2.83. The molecular weight excluding hydrogens is 461 g/mol. The zero-order valence-electron chi connectivity index (χ0n) is 21.5. The summed E-state index contributed by atoms with van der Waals surface area (Å²) in [5.41, 5.74) is 0.714.